The fraction of sp³-hybridized carbons (Fsp3) is 0.0909. The van der Waals surface area contributed by atoms with Crippen molar-refractivity contribution >= 4 is 44.1 Å². The van der Waals surface area contributed by atoms with Gasteiger partial charge in [-0.25, -0.2) is 18.4 Å². The van der Waals surface area contributed by atoms with Crippen LogP contribution in [0.4, 0.5) is 23.0 Å². The third-order valence-corrected chi connectivity index (χ3v) is 5.98. The van der Waals surface area contributed by atoms with E-state index in [9.17, 15) is 8.42 Å². The van der Waals surface area contributed by atoms with E-state index in [0.29, 0.717) is 33.9 Å². The van der Waals surface area contributed by atoms with E-state index in [2.05, 4.69) is 20.0 Å². The number of ether oxygens (including phenoxy) is 2. The fourth-order valence-corrected chi connectivity index (χ4v) is 4.09. The van der Waals surface area contributed by atoms with E-state index in [1.807, 2.05) is 0 Å². The number of fused-ring (bicyclic) bond motifs is 1. The summed E-state index contributed by atoms with van der Waals surface area (Å²) in [5.41, 5.74) is 7.93. The van der Waals surface area contributed by atoms with Crippen molar-refractivity contribution in [1.82, 2.24) is 9.97 Å². The summed E-state index contributed by atoms with van der Waals surface area (Å²) in [6, 6.07) is 18.3. The minimum atomic E-state index is -3.91. The normalized spacial score (nSPS) is 11.2. The quantitative estimate of drug-likeness (QED) is 0.362. The third-order valence-electron chi connectivity index (χ3n) is 4.62. The molecule has 32 heavy (non-hydrogen) atoms. The second kappa shape index (κ2) is 8.60. The molecular weight excluding hydrogens is 430 g/mol. The molecule has 4 N–H and O–H groups in total. The van der Waals surface area contributed by atoms with Gasteiger partial charge in [0.05, 0.1) is 30.3 Å². The Morgan fingerprint density at radius 2 is 1.53 bits per heavy atom. The van der Waals surface area contributed by atoms with Crippen LogP contribution in [0.15, 0.2) is 71.6 Å². The Kier molecular flexibility index (Phi) is 5.69. The molecular formula is C22H21N5O4S. The molecule has 9 nitrogen and oxygen atoms in total. The van der Waals surface area contributed by atoms with Crippen LogP contribution in [0.3, 0.4) is 0 Å². The smallest absolute Gasteiger partial charge is 0.263 e. The van der Waals surface area contributed by atoms with Crippen molar-refractivity contribution in [2.75, 3.05) is 30.0 Å². The Balaban J connectivity index is 1.83. The lowest BCUT2D eigenvalue weighted by molar-refractivity contribution is 0.395. The number of benzene rings is 3. The SMILES string of the molecule is COc1cc(Nc2nc3c(N)cccc3nc2NS(=O)(=O)c2ccccc2)cc(OC)c1. The number of hydrogen-bond donors (Lipinski definition) is 3. The average molecular weight is 452 g/mol. The molecule has 1 heterocycles. The summed E-state index contributed by atoms with van der Waals surface area (Å²) in [6.07, 6.45) is 0. The molecule has 4 aromatic rings. The molecule has 10 heteroatoms. The topological polar surface area (TPSA) is 128 Å². The lowest BCUT2D eigenvalue weighted by Crippen LogP contribution is -2.16. The zero-order valence-corrected chi connectivity index (χ0v) is 18.2. The molecule has 0 saturated heterocycles. The van der Waals surface area contributed by atoms with Crippen LogP contribution in [-0.4, -0.2) is 32.6 Å². The number of rotatable bonds is 7. The van der Waals surface area contributed by atoms with E-state index < -0.39 is 10.0 Å². The number of methoxy groups -OCH3 is 2. The van der Waals surface area contributed by atoms with Crippen LogP contribution >= 0.6 is 0 Å². The molecule has 4 rings (SSSR count). The molecule has 0 fully saturated rings. The van der Waals surface area contributed by atoms with Crippen LogP contribution in [-0.2, 0) is 10.0 Å². The van der Waals surface area contributed by atoms with Gasteiger partial charge in [0.15, 0.2) is 11.6 Å². The molecule has 0 spiro atoms. The van der Waals surface area contributed by atoms with E-state index in [4.69, 9.17) is 15.2 Å². The van der Waals surface area contributed by atoms with Gasteiger partial charge in [-0.1, -0.05) is 24.3 Å². The van der Waals surface area contributed by atoms with Crippen LogP contribution in [0.1, 0.15) is 0 Å². The first-order chi connectivity index (χ1) is 15.4. The standard InChI is InChI=1S/C22H21N5O4S/c1-30-15-11-14(12-16(13-15)31-2)24-21-22(25-19-10-6-9-18(23)20(19)26-21)27-32(28,29)17-7-4-3-5-8-17/h3-13H,23H2,1-2H3,(H,24,26)(H,25,27). The number of nitrogens with two attached hydrogens (primary N) is 1. The van der Waals surface area contributed by atoms with E-state index in [-0.39, 0.29) is 16.5 Å². The molecule has 0 amide bonds. The Hall–Kier alpha value is -4.05. The Morgan fingerprint density at radius 1 is 0.844 bits per heavy atom. The highest BCUT2D eigenvalue weighted by Gasteiger charge is 2.19. The highest BCUT2D eigenvalue weighted by molar-refractivity contribution is 7.92. The van der Waals surface area contributed by atoms with Gasteiger partial charge < -0.3 is 20.5 Å². The molecule has 0 aliphatic heterocycles. The number of anilines is 4. The second-order valence-electron chi connectivity index (χ2n) is 6.78. The zero-order chi connectivity index (χ0) is 22.7. The van der Waals surface area contributed by atoms with Gasteiger partial charge in [-0.2, -0.15) is 0 Å². The molecule has 0 saturated carbocycles. The van der Waals surface area contributed by atoms with Crippen molar-refractivity contribution in [3.63, 3.8) is 0 Å². The van der Waals surface area contributed by atoms with Crippen molar-refractivity contribution < 1.29 is 17.9 Å². The first-order valence-corrected chi connectivity index (χ1v) is 11.0. The summed E-state index contributed by atoms with van der Waals surface area (Å²) < 4.78 is 39.0. The molecule has 0 radical (unpaired) electrons. The maximum absolute atomic E-state index is 12.9. The lowest BCUT2D eigenvalue weighted by atomic mass is 10.2. The summed E-state index contributed by atoms with van der Waals surface area (Å²) in [4.78, 5) is 9.12. The summed E-state index contributed by atoms with van der Waals surface area (Å²) in [5.74, 6) is 1.29. The minimum Gasteiger partial charge on any atom is -0.497 e. The maximum atomic E-state index is 12.9. The van der Waals surface area contributed by atoms with Crippen LogP contribution in [0.25, 0.3) is 11.0 Å². The van der Waals surface area contributed by atoms with Crippen LogP contribution in [0, 0.1) is 0 Å². The Bertz CT molecular complexity index is 1360. The highest BCUT2D eigenvalue weighted by Crippen LogP contribution is 2.32. The number of aromatic nitrogens is 2. The van der Waals surface area contributed by atoms with E-state index in [0.717, 1.165) is 0 Å². The van der Waals surface area contributed by atoms with Crippen LogP contribution in [0.2, 0.25) is 0 Å². The number of nitrogens with zero attached hydrogens (tertiary/aromatic N) is 2. The first-order valence-electron chi connectivity index (χ1n) is 9.54. The van der Waals surface area contributed by atoms with Crippen molar-refractivity contribution in [3.05, 3.63) is 66.7 Å². The summed E-state index contributed by atoms with van der Waals surface area (Å²) >= 11 is 0. The number of para-hydroxylation sites is 1. The summed E-state index contributed by atoms with van der Waals surface area (Å²) in [7, 11) is -0.833. The fourth-order valence-electron chi connectivity index (χ4n) is 3.06. The van der Waals surface area contributed by atoms with Crippen LogP contribution < -0.4 is 25.2 Å². The molecule has 0 bridgehead atoms. The number of nitrogens with one attached hydrogen (secondary N) is 2. The molecule has 0 unspecified atom stereocenters. The second-order valence-corrected chi connectivity index (χ2v) is 8.46. The van der Waals surface area contributed by atoms with Gasteiger partial charge in [0.2, 0.25) is 0 Å². The predicted octanol–water partition coefficient (Wildman–Crippen LogP) is 3.77. The zero-order valence-electron chi connectivity index (χ0n) is 17.4. The molecule has 0 aliphatic rings. The van der Waals surface area contributed by atoms with Gasteiger partial charge in [0.1, 0.15) is 17.0 Å². The lowest BCUT2D eigenvalue weighted by Gasteiger charge is -2.15. The first kappa shape index (κ1) is 21.2. The molecule has 164 valence electrons. The maximum Gasteiger partial charge on any atom is 0.263 e. The molecule has 0 atom stereocenters. The van der Waals surface area contributed by atoms with E-state index in [1.54, 1.807) is 54.6 Å². The largest absolute Gasteiger partial charge is 0.497 e. The Morgan fingerprint density at radius 3 is 2.19 bits per heavy atom. The van der Waals surface area contributed by atoms with Gasteiger partial charge in [0, 0.05) is 23.9 Å². The Labute approximate surface area is 185 Å². The van der Waals surface area contributed by atoms with Crippen LogP contribution in [0.5, 0.6) is 11.5 Å². The van der Waals surface area contributed by atoms with Gasteiger partial charge in [-0.15, -0.1) is 0 Å². The van der Waals surface area contributed by atoms with Gasteiger partial charge in [0.25, 0.3) is 10.0 Å². The summed E-state index contributed by atoms with van der Waals surface area (Å²) in [6.45, 7) is 0. The minimum absolute atomic E-state index is 0.0220. The van der Waals surface area contributed by atoms with Crippen molar-refractivity contribution in [3.8, 4) is 11.5 Å². The molecule has 1 aromatic heterocycles. The van der Waals surface area contributed by atoms with Gasteiger partial charge >= 0.3 is 0 Å². The highest BCUT2D eigenvalue weighted by atomic mass is 32.2. The van der Waals surface area contributed by atoms with Crippen molar-refractivity contribution in [2.45, 2.75) is 4.90 Å². The van der Waals surface area contributed by atoms with Crippen molar-refractivity contribution in [1.29, 1.82) is 0 Å². The van der Waals surface area contributed by atoms with E-state index in [1.165, 1.54) is 26.4 Å². The monoisotopic (exact) mass is 451 g/mol. The number of sulfonamides is 1. The summed E-state index contributed by atoms with van der Waals surface area (Å²) in [5, 5.41) is 3.10. The molecule has 3 aromatic carbocycles. The predicted molar refractivity (Wildman–Crippen MR) is 124 cm³/mol. The average Bonchev–Trinajstić information content (AvgIpc) is 2.80. The molecule has 0 aliphatic carbocycles. The van der Waals surface area contributed by atoms with Gasteiger partial charge in [-0.3, -0.25) is 4.72 Å². The number of hydrogen-bond acceptors (Lipinski definition) is 8. The van der Waals surface area contributed by atoms with Crippen molar-refractivity contribution in [2.24, 2.45) is 0 Å². The van der Waals surface area contributed by atoms with Gasteiger partial charge in [-0.05, 0) is 24.3 Å². The van der Waals surface area contributed by atoms with E-state index >= 15 is 0 Å². The third kappa shape index (κ3) is 4.35. The number of nitrogen functional groups attached to an aromatic ring is 1.